The lowest BCUT2D eigenvalue weighted by Crippen LogP contribution is -2.24. The summed E-state index contributed by atoms with van der Waals surface area (Å²) in [4.78, 5) is 29.8. The Morgan fingerprint density at radius 1 is 1.21 bits per heavy atom. The SMILES string of the molecule is Cc1nc(C2CCCCCCC2)[nH]c(=O)c1C(=O)O. The van der Waals surface area contributed by atoms with Crippen molar-refractivity contribution in [2.24, 2.45) is 0 Å². The molecule has 2 N–H and O–H groups in total. The monoisotopic (exact) mass is 264 g/mol. The minimum Gasteiger partial charge on any atom is -0.477 e. The summed E-state index contributed by atoms with van der Waals surface area (Å²) >= 11 is 0. The average Bonchev–Trinajstić information content (AvgIpc) is 2.26. The normalized spacial score (nSPS) is 17.7. The standard InChI is InChI=1S/C14H20N2O3/c1-9-11(14(18)19)13(17)16-12(15-9)10-7-5-3-2-4-6-8-10/h10H,2-8H2,1H3,(H,18,19)(H,15,16,17). The maximum Gasteiger partial charge on any atom is 0.343 e. The van der Waals surface area contributed by atoms with Gasteiger partial charge in [-0.1, -0.05) is 32.1 Å². The van der Waals surface area contributed by atoms with Crippen molar-refractivity contribution in [3.63, 3.8) is 0 Å². The fourth-order valence-electron chi connectivity index (χ4n) is 2.78. The number of hydrogen-bond acceptors (Lipinski definition) is 3. The summed E-state index contributed by atoms with van der Waals surface area (Å²) in [6.07, 6.45) is 8.08. The average molecular weight is 264 g/mol. The number of rotatable bonds is 2. The number of aromatic amines is 1. The van der Waals surface area contributed by atoms with Gasteiger partial charge in [-0.25, -0.2) is 9.78 Å². The van der Waals surface area contributed by atoms with Crippen molar-refractivity contribution in [1.29, 1.82) is 0 Å². The zero-order valence-corrected chi connectivity index (χ0v) is 11.2. The van der Waals surface area contributed by atoms with Crippen LogP contribution in [0.5, 0.6) is 0 Å². The first-order valence-corrected chi connectivity index (χ1v) is 6.93. The number of H-pyrrole nitrogens is 1. The van der Waals surface area contributed by atoms with E-state index in [4.69, 9.17) is 5.11 Å². The second-order valence-electron chi connectivity index (χ2n) is 5.26. The number of carbonyl (C=O) groups is 1. The number of carboxylic acids is 1. The van der Waals surface area contributed by atoms with Crippen molar-refractivity contribution in [3.05, 3.63) is 27.4 Å². The molecule has 1 saturated carbocycles. The first kappa shape index (κ1) is 13.8. The molecule has 1 aromatic rings. The van der Waals surface area contributed by atoms with Crippen molar-refractivity contribution in [1.82, 2.24) is 9.97 Å². The molecule has 1 fully saturated rings. The van der Waals surface area contributed by atoms with Crippen molar-refractivity contribution in [2.75, 3.05) is 0 Å². The minimum absolute atomic E-state index is 0.241. The summed E-state index contributed by atoms with van der Waals surface area (Å²) in [5.74, 6) is -0.292. The lowest BCUT2D eigenvalue weighted by Gasteiger charge is -2.19. The van der Waals surface area contributed by atoms with Crippen LogP contribution >= 0.6 is 0 Å². The molecule has 1 aromatic heterocycles. The maximum atomic E-state index is 11.8. The third-order valence-electron chi connectivity index (χ3n) is 3.82. The Morgan fingerprint density at radius 3 is 2.32 bits per heavy atom. The van der Waals surface area contributed by atoms with Crippen molar-refractivity contribution in [2.45, 2.75) is 57.8 Å². The molecule has 2 rings (SSSR count). The number of nitrogens with zero attached hydrogens (tertiary/aromatic N) is 1. The molecule has 0 atom stereocenters. The molecule has 0 unspecified atom stereocenters. The predicted molar refractivity (Wildman–Crippen MR) is 71.6 cm³/mol. The van der Waals surface area contributed by atoms with E-state index in [0.717, 1.165) is 25.7 Å². The van der Waals surface area contributed by atoms with E-state index >= 15 is 0 Å². The summed E-state index contributed by atoms with van der Waals surface area (Å²) in [6, 6.07) is 0. The summed E-state index contributed by atoms with van der Waals surface area (Å²) in [7, 11) is 0. The molecular weight excluding hydrogens is 244 g/mol. The van der Waals surface area contributed by atoms with Crippen molar-refractivity contribution in [3.8, 4) is 0 Å². The van der Waals surface area contributed by atoms with Crippen LogP contribution in [0.15, 0.2) is 4.79 Å². The number of nitrogens with one attached hydrogen (secondary N) is 1. The molecule has 0 spiro atoms. The quantitative estimate of drug-likeness (QED) is 0.860. The summed E-state index contributed by atoms with van der Waals surface area (Å²) < 4.78 is 0. The molecule has 0 aromatic carbocycles. The highest BCUT2D eigenvalue weighted by Crippen LogP contribution is 2.28. The summed E-state index contributed by atoms with van der Waals surface area (Å²) in [5.41, 5.74) is -0.458. The highest BCUT2D eigenvalue weighted by atomic mass is 16.4. The molecule has 5 heteroatoms. The summed E-state index contributed by atoms with van der Waals surface area (Å²) in [5, 5.41) is 8.97. The summed E-state index contributed by atoms with van der Waals surface area (Å²) in [6.45, 7) is 1.59. The van der Waals surface area contributed by atoms with Gasteiger partial charge < -0.3 is 10.1 Å². The highest BCUT2D eigenvalue weighted by molar-refractivity contribution is 5.88. The van der Waals surface area contributed by atoms with Crippen LogP contribution in [0.25, 0.3) is 0 Å². The van der Waals surface area contributed by atoms with Gasteiger partial charge in [0.15, 0.2) is 0 Å². The molecule has 0 bridgehead atoms. The second kappa shape index (κ2) is 5.99. The van der Waals surface area contributed by atoms with Gasteiger partial charge in [-0.05, 0) is 19.8 Å². The fourth-order valence-corrected chi connectivity index (χ4v) is 2.78. The maximum absolute atomic E-state index is 11.8. The Bertz CT molecular complexity index is 514. The van der Waals surface area contributed by atoms with E-state index in [1.54, 1.807) is 6.92 Å². The third-order valence-corrected chi connectivity index (χ3v) is 3.82. The van der Waals surface area contributed by atoms with E-state index < -0.39 is 11.5 Å². The number of aromatic carboxylic acids is 1. The Morgan fingerprint density at radius 2 is 1.79 bits per heavy atom. The molecule has 104 valence electrons. The third kappa shape index (κ3) is 3.22. The number of aromatic nitrogens is 2. The van der Waals surface area contributed by atoms with E-state index in [-0.39, 0.29) is 11.5 Å². The molecule has 19 heavy (non-hydrogen) atoms. The minimum atomic E-state index is -1.21. The van der Waals surface area contributed by atoms with Crippen LogP contribution in [0.4, 0.5) is 0 Å². The van der Waals surface area contributed by atoms with Gasteiger partial charge in [0.25, 0.3) is 5.56 Å². The molecule has 0 amide bonds. The zero-order valence-electron chi connectivity index (χ0n) is 11.2. The fraction of sp³-hybridized carbons (Fsp3) is 0.643. The number of aryl methyl sites for hydroxylation is 1. The Kier molecular flexibility index (Phi) is 4.35. The highest BCUT2D eigenvalue weighted by Gasteiger charge is 2.20. The Balaban J connectivity index is 2.29. The number of hydrogen-bond donors (Lipinski definition) is 2. The largest absolute Gasteiger partial charge is 0.477 e. The molecule has 1 aliphatic carbocycles. The van der Waals surface area contributed by atoms with Gasteiger partial charge in [-0.3, -0.25) is 4.79 Å². The molecule has 1 heterocycles. The molecule has 1 aliphatic rings. The van der Waals surface area contributed by atoms with Crippen LogP contribution in [-0.4, -0.2) is 21.0 Å². The van der Waals surface area contributed by atoms with Crippen LogP contribution in [0.1, 0.15) is 72.7 Å². The number of carboxylic acid groups (broad SMARTS) is 1. The zero-order chi connectivity index (χ0) is 13.8. The van der Waals surface area contributed by atoms with Gasteiger partial charge in [0.1, 0.15) is 11.4 Å². The van der Waals surface area contributed by atoms with Gasteiger partial charge in [0.2, 0.25) is 0 Å². The Hall–Kier alpha value is -1.65. The first-order chi connectivity index (χ1) is 9.09. The molecule has 5 nitrogen and oxygen atoms in total. The van der Waals surface area contributed by atoms with E-state index in [1.807, 2.05) is 0 Å². The van der Waals surface area contributed by atoms with Crippen molar-refractivity contribution >= 4 is 5.97 Å². The van der Waals surface area contributed by atoms with E-state index in [9.17, 15) is 9.59 Å². The van der Waals surface area contributed by atoms with Crippen LogP contribution in [0.3, 0.4) is 0 Å². The van der Waals surface area contributed by atoms with Crippen LogP contribution in [0, 0.1) is 6.92 Å². The van der Waals surface area contributed by atoms with Crippen LogP contribution in [-0.2, 0) is 0 Å². The first-order valence-electron chi connectivity index (χ1n) is 6.93. The van der Waals surface area contributed by atoms with Gasteiger partial charge in [0, 0.05) is 5.92 Å². The van der Waals surface area contributed by atoms with Crippen LogP contribution < -0.4 is 5.56 Å². The van der Waals surface area contributed by atoms with Gasteiger partial charge in [0.05, 0.1) is 5.69 Å². The van der Waals surface area contributed by atoms with Gasteiger partial charge >= 0.3 is 5.97 Å². The van der Waals surface area contributed by atoms with E-state index in [0.29, 0.717) is 11.5 Å². The van der Waals surface area contributed by atoms with Crippen molar-refractivity contribution < 1.29 is 9.90 Å². The van der Waals surface area contributed by atoms with Crippen LogP contribution in [0.2, 0.25) is 0 Å². The van der Waals surface area contributed by atoms with Gasteiger partial charge in [-0.15, -0.1) is 0 Å². The molecular formula is C14H20N2O3. The molecule has 0 radical (unpaired) electrons. The predicted octanol–water partition coefficient (Wildman–Crippen LogP) is 2.60. The van der Waals surface area contributed by atoms with E-state index in [2.05, 4.69) is 9.97 Å². The molecule has 0 aliphatic heterocycles. The van der Waals surface area contributed by atoms with Gasteiger partial charge in [-0.2, -0.15) is 0 Å². The lowest BCUT2D eigenvalue weighted by molar-refractivity contribution is 0.0693. The topological polar surface area (TPSA) is 83.0 Å². The Labute approximate surface area is 112 Å². The molecule has 0 saturated heterocycles. The second-order valence-corrected chi connectivity index (χ2v) is 5.26. The lowest BCUT2D eigenvalue weighted by atomic mass is 9.90. The van der Waals surface area contributed by atoms with E-state index in [1.165, 1.54) is 19.3 Å². The smallest absolute Gasteiger partial charge is 0.343 e.